The molecule has 7 atom stereocenters. The number of carbonyl (C=O) groups is 3. The number of aliphatic hydroxyl groups is 2. The van der Waals surface area contributed by atoms with Gasteiger partial charge >= 0.3 is 5.97 Å². The summed E-state index contributed by atoms with van der Waals surface area (Å²) in [5.74, 6) is -1.43. The van der Waals surface area contributed by atoms with Crippen molar-refractivity contribution in [2.24, 2.45) is 28.6 Å². The third-order valence-electron chi connectivity index (χ3n) is 9.97. The van der Waals surface area contributed by atoms with E-state index in [0.29, 0.717) is 12.0 Å². The molecule has 0 spiro atoms. The Balaban J connectivity index is 1.28. The molecule has 1 aromatic carbocycles. The number of allylic oxidation sites excluding steroid dienone is 4. The molecule has 0 heterocycles. The maximum Gasteiger partial charge on any atom is 0.338 e. The normalized spacial score (nSPS) is 36.7. The summed E-state index contributed by atoms with van der Waals surface area (Å²) in [4.78, 5) is 52.6. The molecule has 0 bridgehead atoms. The average Bonchev–Trinajstić information content (AvgIpc) is 3.17. The standard InChI is InChI=1S/C29H33NO9/c1-27-11-9-20(31)13-19(27)7-8-21-22-10-12-29(35,28(22,2)14-23(32)25(21)27)24(33)16-38-26(34)18-5-3-17(4-6-18)15-39-30(36)37/h3-6,9,11,13,21-23,25,32,35H,7-8,10,12,14-16H2,1-2H3/t21?,22?,23-,25?,27-,28-,29-/m0/s1. The van der Waals surface area contributed by atoms with Gasteiger partial charge in [0, 0.05) is 16.7 Å². The highest BCUT2D eigenvalue weighted by Crippen LogP contribution is 2.67. The summed E-state index contributed by atoms with van der Waals surface area (Å²) in [6.45, 7) is 3.07. The molecule has 1 aromatic rings. The van der Waals surface area contributed by atoms with Gasteiger partial charge in [-0.3, -0.25) is 9.59 Å². The van der Waals surface area contributed by atoms with Crippen molar-refractivity contribution in [2.45, 2.75) is 64.3 Å². The minimum absolute atomic E-state index is 0.00566. The van der Waals surface area contributed by atoms with Crippen LogP contribution in [0.25, 0.3) is 0 Å². The van der Waals surface area contributed by atoms with Crippen molar-refractivity contribution in [3.05, 3.63) is 69.3 Å². The number of rotatable bonds is 7. The quantitative estimate of drug-likeness (QED) is 0.302. The number of fused-ring (bicyclic) bond motifs is 5. The van der Waals surface area contributed by atoms with Gasteiger partial charge in [-0.2, -0.15) is 0 Å². The summed E-state index contributed by atoms with van der Waals surface area (Å²) in [6, 6.07) is 5.82. The van der Waals surface area contributed by atoms with Gasteiger partial charge in [-0.05, 0) is 73.8 Å². The molecular formula is C29H33NO9. The van der Waals surface area contributed by atoms with Gasteiger partial charge in [-0.25, -0.2) is 4.79 Å². The van der Waals surface area contributed by atoms with Crippen molar-refractivity contribution >= 4 is 17.5 Å². The van der Waals surface area contributed by atoms with Crippen molar-refractivity contribution in [1.29, 1.82) is 0 Å². The third-order valence-corrected chi connectivity index (χ3v) is 9.97. The zero-order valence-corrected chi connectivity index (χ0v) is 22.0. The van der Waals surface area contributed by atoms with Crippen LogP contribution in [0.4, 0.5) is 0 Å². The summed E-state index contributed by atoms with van der Waals surface area (Å²) in [5.41, 5.74) is -1.40. The van der Waals surface area contributed by atoms with Crippen LogP contribution in [0.2, 0.25) is 0 Å². The van der Waals surface area contributed by atoms with Gasteiger partial charge < -0.3 is 19.8 Å². The second kappa shape index (κ2) is 9.67. The zero-order valence-electron chi connectivity index (χ0n) is 22.0. The van der Waals surface area contributed by atoms with E-state index < -0.39 is 46.0 Å². The van der Waals surface area contributed by atoms with Crippen molar-refractivity contribution in [3.63, 3.8) is 0 Å². The Morgan fingerprint density at radius 2 is 1.90 bits per heavy atom. The van der Waals surface area contributed by atoms with E-state index in [2.05, 4.69) is 11.8 Å². The smallest absolute Gasteiger partial charge is 0.338 e. The van der Waals surface area contributed by atoms with Crippen molar-refractivity contribution < 1.29 is 39.3 Å². The number of carbonyl (C=O) groups excluding carboxylic acids is 3. The van der Waals surface area contributed by atoms with Crippen LogP contribution in [-0.2, 0) is 25.8 Å². The number of ether oxygens (including phenoxy) is 1. The van der Waals surface area contributed by atoms with Crippen LogP contribution in [0.15, 0.2) is 48.1 Å². The molecule has 0 amide bonds. The molecule has 2 N–H and O–H groups in total. The van der Waals surface area contributed by atoms with Crippen LogP contribution >= 0.6 is 0 Å². The molecule has 3 fully saturated rings. The minimum atomic E-state index is -1.75. The Kier molecular flexibility index (Phi) is 6.75. The maximum atomic E-state index is 13.4. The topological polar surface area (TPSA) is 153 Å². The Hall–Kier alpha value is -3.37. The SMILES string of the molecule is C[C@]12C=CC(=O)C=C1CCC1C2[C@@H](O)C[C@@]2(C)C1CC[C@]2(O)C(=O)COC(=O)c1ccc(CO[N+](=O)[O-])cc1. The van der Waals surface area contributed by atoms with Gasteiger partial charge in [-0.15, -0.1) is 10.1 Å². The van der Waals surface area contributed by atoms with E-state index in [1.54, 1.807) is 12.2 Å². The Morgan fingerprint density at radius 1 is 1.18 bits per heavy atom. The first-order valence-electron chi connectivity index (χ1n) is 13.3. The van der Waals surface area contributed by atoms with Crippen LogP contribution in [0.1, 0.15) is 61.9 Å². The first-order valence-corrected chi connectivity index (χ1v) is 13.3. The zero-order chi connectivity index (χ0) is 28.2. The van der Waals surface area contributed by atoms with Gasteiger partial charge in [0.05, 0.1) is 11.7 Å². The van der Waals surface area contributed by atoms with Crippen molar-refractivity contribution in [2.75, 3.05) is 6.61 Å². The number of aliphatic hydroxyl groups excluding tert-OH is 1. The number of benzene rings is 1. The van der Waals surface area contributed by atoms with Crippen LogP contribution in [-0.4, -0.2) is 51.1 Å². The minimum Gasteiger partial charge on any atom is -0.454 e. The molecule has 0 aliphatic heterocycles. The molecule has 208 valence electrons. The predicted molar refractivity (Wildman–Crippen MR) is 136 cm³/mol. The Bertz CT molecular complexity index is 1270. The highest BCUT2D eigenvalue weighted by atomic mass is 16.9. The van der Waals surface area contributed by atoms with Gasteiger partial charge in [0.15, 0.2) is 12.4 Å². The molecule has 10 nitrogen and oxygen atoms in total. The summed E-state index contributed by atoms with van der Waals surface area (Å²) in [7, 11) is 0. The molecule has 5 rings (SSSR count). The maximum absolute atomic E-state index is 13.4. The molecule has 0 radical (unpaired) electrons. The molecule has 39 heavy (non-hydrogen) atoms. The van der Waals surface area contributed by atoms with E-state index in [1.165, 1.54) is 24.3 Å². The number of hydrogen-bond donors (Lipinski definition) is 2. The first-order chi connectivity index (χ1) is 18.4. The fourth-order valence-electron chi connectivity index (χ4n) is 7.99. The van der Waals surface area contributed by atoms with Crippen LogP contribution in [0.3, 0.4) is 0 Å². The van der Waals surface area contributed by atoms with Crippen LogP contribution in [0, 0.1) is 38.7 Å². The number of Topliss-reactive ketones (excluding diaryl/α,β-unsaturated/α-hetero) is 1. The van der Waals surface area contributed by atoms with Gasteiger partial charge in [0.1, 0.15) is 12.2 Å². The summed E-state index contributed by atoms with van der Waals surface area (Å²) in [5, 5.41) is 32.7. The summed E-state index contributed by atoms with van der Waals surface area (Å²) >= 11 is 0. The number of nitrogens with zero attached hydrogens (tertiary/aromatic N) is 1. The summed E-state index contributed by atoms with van der Waals surface area (Å²) < 4.78 is 5.26. The molecule has 3 saturated carbocycles. The largest absolute Gasteiger partial charge is 0.454 e. The van der Waals surface area contributed by atoms with E-state index in [9.17, 15) is 34.7 Å². The lowest BCUT2D eigenvalue weighted by molar-refractivity contribution is -0.763. The molecule has 3 unspecified atom stereocenters. The second-order valence-corrected chi connectivity index (χ2v) is 11.8. The highest BCUT2D eigenvalue weighted by molar-refractivity contribution is 6.01. The van der Waals surface area contributed by atoms with Crippen LogP contribution < -0.4 is 0 Å². The van der Waals surface area contributed by atoms with Gasteiger partial charge in [-0.1, -0.05) is 37.6 Å². The second-order valence-electron chi connectivity index (χ2n) is 11.8. The fraction of sp³-hybridized carbons (Fsp3) is 0.552. The van der Waals surface area contributed by atoms with Crippen LogP contribution in [0.5, 0.6) is 0 Å². The highest BCUT2D eigenvalue weighted by Gasteiger charge is 2.68. The number of esters is 1. The number of hydrogen-bond acceptors (Lipinski definition) is 9. The summed E-state index contributed by atoms with van der Waals surface area (Å²) in [6.07, 6.45) is 6.97. The Morgan fingerprint density at radius 3 is 2.59 bits per heavy atom. The lowest BCUT2D eigenvalue weighted by Gasteiger charge is -2.59. The Labute approximate surface area is 225 Å². The molecule has 4 aliphatic rings. The lowest BCUT2D eigenvalue weighted by Crippen LogP contribution is -2.61. The van der Waals surface area contributed by atoms with Crippen molar-refractivity contribution in [3.8, 4) is 0 Å². The monoisotopic (exact) mass is 539 g/mol. The third kappa shape index (κ3) is 4.39. The molecule has 10 heteroatoms. The predicted octanol–water partition coefficient (Wildman–Crippen LogP) is 3.13. The van der Waals surface area contributed by atoms with E-state index in [-0.39, 0.29) is 48.5 Å². The molecule has 0 aromatic heterocycles. The van der Waals surface area contributed by atoms with Gasteiger partial charge in [0.25, 0.3) is 5.09 Å². The van der Waals surface area contributed by atoms with E-state index in [1.807, 2.05) is 13.0 Å². The lowest BCUT2D eigenvalue weighted by atomic mass is 9.46. The average molecular weight is 540 g/mol. The van der Waals surface area contributed by atoms with E-state index >= 15 is 0 Å². The number of ketones is 2. The molecule has 0 saturated heterocycles. The first kappa shape index (κ1) is 27.2. The van der Waals surface area contributed by atoms with E-state index in [0.717, 1.165) is 18.4 Å². The molecule has 4 aliphatic carbocycles. The van der Waals surface area contributed by atoms with Gasteiger partial charge in [0.2, 0.25) is 5.78 Å². The van der Waals surface area contributed by atoms with Crippen molar-refractivity contribution in [1.82, 2.24) is 0 Å². The van der Waals surface area contributed by atoms with E-state index in [4.69, 9.17) is 4.74 Å². The fourth-order valence-corrected chi connectivity index (χ4v) is 7.99. The molecular weight excluding hydrogens is 506 g/mol.